The van der Waals surface area contributed by atoms with Crippen LogP contribution in [0, 0.1) is 0 Å². The van der Waals surface area contributed by atoms with Gasteiger partial charge in [0.05, 0.1) is 0 Å². The molecule has 2 aliphatic heterocycles. The maximum Gasteiger partial charge on any atom is 0.135 e. The molecule has 12 aromatic carbocycles. The van der Waals surface area contributed by atoms with E-state index >= 15 is 0 Å². The van der Waals surface area contributed by atoms with Gasteiger partial charge in [0.2, 0.25) is 0 Å². The Labute approximate surface area is 438 Å². The summed E-state index contributed by atoms with van der Waals surface area (Å²) < 4.78 is 0. The number of allylic oxidation sites excluding steroid dienone is 1. The van der Waals surface area contributed by atoms with Gasteiger partial charge < -0.3 is 4.90 Å². The molecule has 0 fully saturated rings. The van der Waals surface area contributed by atoms with Crippen molar-refractivity contribution in [3.63, 3.8) is 0 Å². The molecule has 0 aromatic heterocycles. The van der Waals surface area contributed by atoms with Crippen molar-refractivity contribution in [2.75, 3.05) is 4.90 Å². The molecule has 352 valence electrons. The Bertz CT molecular complexity index is 4170. The van der Waals surface area contributed by atoms with Crippen molar-refractivity contribution in [2.24, 2.45) is 4.99 Å². The van der Waals surface area contributed by atoms with E-state index in [0.717, 1.165) is 5.69 Å². The summed E-state index contributed by atoms with van der Waals surface area (Å²) in [6.07, 6.45) is 6.32. The molecule has 0 N–H and O–H groups in total. The van der Waals surface area contributed by atoms with E-state index in [0.29, 0.717) is 0 Å². The van der Waals surface area contributed by atoms with Gasteiger partial charge in [-0.1, -0.05) is 231 Å². The van der Waals surface area contributed by atoms with Gasteiger partial charge in [-0.25, -0.2) is 0 Å². The van der Waals surface area contributed by atoms with E-state index in [-0.39, 0.29) is 12.1 Å². The fourth-order valence-corrected chi connectivity index (χ4v) is 11.8. The van der Waals surface area contributed by atoms with Crippen LogP contribution in [0.5, 0.6) is 0 Å². The standard InChI is InChI=1S/C73H50N2/c1-3-16-49(17-4-1)54-20-11-22-56(44-54)58-24-13-26-61(46-58)71-65-29-7-8-30-66(65)72(62-27-14-25-59(47-62)57-23-12-21-55(45-57)50-18-5-2-6-19-50)69-48-60(39-42-67(69)71)53-35-33-51(34-36-53)52-37-40-63(41-38-52)75-70-32-10-9-28-64(70)68-31-15-43-74-73(68)75/h1-48,68,73H. The average molecular weight is 955 g/mol. The first-order valence-corrected chi connectivity index (χ1v) is 26.0. The molecule has 2 atom stereocenters. The summed E-state index contributed by atoms with van der Waals surface area (Å²) in [5, 5.41) is 4.89. The van der Waals surface area contributed by atoms with Gasteiger partial charge in [0, 0.05) is 23.5 Å². The van der Waals surface area contributed by atoms with Crippen LogP contribution in [0.25, 0.3) is 111 Å². The van der Waals surface area contributed by atoms with Crippen LogP contribution in [0.2, 0.25) is 0 Å². The minimum Gasteiger partial charge on any atom is -0.318 e. The SMILES string of the molecule is C1=CC2c3ccccc3N(c3ccc(-c4ccc(-c5ccc6c(-c7cccc(-c8cccc(-c9ccccc9)c8)c7)c7ccccc7c(-c7cccc(-c8cccc(-c9ccccc9)c8)c7)c6c5)cc4)cc3)C2N=C1. The summed E-state index contributed by atoms with van der Waals surface area (Å²) in [6, 6.07) is 100. The third-order valence-electron chi connectivity index (χ3n) is 15.4. The maximum absolute atomic E-state index is 4.93. The zero-order chi connectivity index (χ0) is 49.7. The molecule has 2 nitrogen and oxygen atoms in total. The lowest BCUT2D eigenvalue weighted by atomic mass is 9.83. The van der Waals surface area contributed by atoms with Crippen LogP contribution >= 0.6 is 0 Å². The number of nitrogens with zero attached hydrogens (tertiary/aromatic N) is 2. The van der Waals surface area contributed by atoms with Crippen LogP contribution in [-0.2, 0) is 0 Å². The highest BCUT2D eigenvalue weighted by atomic mass is 15.3. The van der Waals surface area contributed by atoms with E-state index in [1.165, 1.54) is 122 Å². The molecule has 0 spiro atoms. The molecule has 12 aromatic rings. The van der Waals surface area contributed by atoms with Crippen molar-refractivity contribution in [1.29, 1.82) is 0 Å². The summed E-state index contributed by atoms with van der Waals surface area (Å²) in [4.78, 5) is 7.31. The molecule has 0 radical (unpaired) electrons. The summed E-state index contributed by atoms with van der Waals surface area (Å²) in [6.45, 7) is 0. The molecule has 75 heavy (non-hydrogen) atoms. The van der Waals surface area contributed by atoms with Gasteiger partial charge >= 0.3 is 0 Å². The normalized spacial score (nSPS) is 14.5. The van der Waals surface area contributed by atoms with Crippen LogP contribution in [-0.4, -0.2) is 12.4 Å². The summed E-state index contributed by atoms with van der Waals surface area (Å²) in [7, 11) is 0. The third-order valence-corrected chi connectivity index (χ3v) is 15.4. The van der Waals surface area contributed by atoms with Gasteiger partial charge in [0.25, 0.3) is 0 Å². The highest BCUT2D eigenvalue weighted by Gasteiger charge is 2.38. The lowest BCUT2D eigenvalue weighted by Crippen LogP contribution is -2.28. The summed E-state index contributed by atoms with van der Waals surface area (Å²) >= 11 is 0. The van der Waals surface area contributed by atoms with E-state index in [4.69, 9.17) is 4.99 Å². The molecule has 0 saturated heterocycles. The van der Waals surface area contributed by atoms with Crippen LogP contribution in [0.3, 0.4) is 0 Å². The topological polar surface area (TPSA) is 15.6 Å². The number of dihydropyridines is 1. The number of para-hydroxylation sites is 1. The predicted molar refractivity (Wildman–Crippen MR) is 318 cm³/mol. The van der Waals surface area contributed by atoms with Crippen molar-refractivity contribution in [2.45, 2.75) is 12.1 Å². The van der Waals surface area contributed by atoms with Crippen LogP contribution in [0.15, 0.2) is 290 Å². The largest absolute Gasteiger partial charge is 0.318 e. The van der Waals surface area contributed by atoms with Gasteiger partial charge in [-0.2, -0.15) is 0 Å². The van der Waals surface area contributed by atoms with E-state index in [2.05, 4.69) is 290 Å². The van der Waals surface area contributed by atoms with E-state index in [1.54, 1.807) is 0 Å². The number of fused-ring (bicyclic) bond motifs is 5. The number of hydrogen-bond donors (Lipinski definition) is 0. The molecule has 2 heteroatoms. The zero-order valence-corrected chi connectivity index (χ0v) is 41.3. The minimum absolute atomic E-state index is 0.0307. The van der Waals surface area contributed by atoms with E-state index in [9.17, 15) is 0 Å². The van der Waals surface area contributed by atoms with Crippen LogP contribution in [0.1, 0.15) is 11.5 Å². The van der Waals surface area contributed by atoms with Gasteiger partial charge in [0.15, 0.2) is 0 Å². The molecule has 2 heterocycles. The Balaban J connectivity index is 0.880. The highest BCUT2D eigenvalue weighted by molar-refractivity contribution is 6.22. The summed E-state index contributed by atoms with van der Waals surface area (Å²) in [5.41, 5.74) is 22.9. The average Bonchev–Trinajstić information content (AvgIpc) is 3.83. The fraction of sp³-hybridized carbons (Fsp3) is 0.0274. The number of aliphatic imine (C=N–C) groups is 1. The van der Waals surface area contributed by atoms with Crippen molar-refractivity contribution in [1.82, 2.24) is 0 Å². The smallest absolute Gasteiger partial charge is 0.135 e. The fourth-order valence-electron chi connectivity index (χ4n) is 11.8. The third kappa shape index (κ3) is 8.05. The first-order chi connectivity index (χ1) is 37.2. The second-order valence-corrected chi connectivity index (χ2v) is 19.8. The number of rotatable bonds is 9. The number of benzene rings is 12. The Morgan fingerprint density at radius 1 is 0.280 bits per heavy atom. The van der Waals surface area contributed by atoms with Gasteiger partial charge in [-0.15, -0.1) is 0 Å². The van der Waals surface area contributed by atoms with Gasteiger partial charge in [-0.3, -0.25) is 4.99 Å². The van der Waals surface area contributed by atoms with Crippen molar-refractivity contribution in [3.8, 4) is 89.0 Å². The quantitative estimate of drug-likeness (QED) is 0.132. The Kier molecular flexibility index (Phi) is 11.0. The first-order valence-electron chi connectivity index (χ1n) is 26.0. The first kappa shape index (κ1) is 44.1. The van der Waals surface area contributed by atoms with E-state index in [1.807, 2.05) is 6.21 Å². The zero-order valence-electron chi connectivity index (χ0n) is 41.3. The van der Waals surface area contributed by atoms with Crippen molar-refractivity contribution in [3.05, 3.63) is 291 Å². The van der Waals surface area contributed by atoms with Crippen molar-refractivity contribution < 1.29 is 0 Å². The second-order valence-electron chi connectivity index (χ2n) is 19.8. The van der Waals surface area contributed by atoms with Gasteiger partial charge in [-0.05, 0) is 171 Å². The molecular weight excluding hydrogens is 905 g/mol. The highest BCUT2D eigenvalue weighted by Crippen LogP contribution is 2.49. The molecular formula is C73H50N2. The molecule has 0 saturated carbocycles. The predicted octanol–water partition coefficient (Wildman–Crippen LogP) is 19.5. The maximum atomic E-state index is 4.93. The Morgan fingerprint density at radius 3 is 1.21 bits per heavy atom. The minimum atomic E-state index is 0.0307. The van der Waals surface area contributed by atoms with Gasteiger partial charge in [0.1, 0.15) is 6.17 Å². The monoisotopic (exact) mass is 954 g/mol. The number of hydrogen-bond acceptors (Lipinski definition) is 2. The molecule has 0 aliphatic carbocycles. The molecule has 0 amide bonds. The lowest BCUT2D eigenvalue weighted by molar-refractivity contribution is 0.659. The molecule has 2 unspecified atom stereocenters. The molecule has 14 rings (SSSR count). The van der Waals surface area contributed by atoms with Crippen molar-refractivity contribution >= 4 is 39.1 Å². The Hall–Kier alpha value is -9.63. The number of anilines is 2. The van der Waals surface area contributed by atoms with Crippen LogP contribution in [0.4, 0.5) is 11.4 Å². The lowest BCUT2D eigenvalue weighted by Gasteiger charge is -2.27. The summed E-state index contributed by atoms with van der Waals surface area (Å²) in [5.74, 6) is 0.253. The molecule has 2 aliphatic rings. The van der Waals surface area contributed by atoms with Crippen LogP contribution < -0.4 is 4.90 Å². The van der Waals surface area contributed by atoms with E-state index < -0.39 is 0 Å². The second kappa shape index (κ2) is 18.8. The Morgan fingerprint density at radius 2 is 0.653 bits per heavy atom. The molecule has 0 bridgehead atoms.